The number of fused-ring (bicyclic) bond motifs is 2. The fourth-order valence-corrected chi connectivity index (χ4v) is 3.72. The van der Waals surface area contributed by atoms with Gasteiger partial charge in [-0.1, -0.05) is 13.8 Å². The molecule has 0 aromatic carbocycles. The number of nitrogens with two attached hydrogens (primary N) is 1. The molecule has 86 valence electrons. The van der Waals surface area contributed by atoms with Gasteiger partial charge in [-0.3, -0.25) is 4.79 Å². The second-order valence-electron chi connectivity index (χ2n) is 5.35. The molecule has 2 N–H and O–H groups in total. The molecule has 2 heteroatoms. The Morgan fingerprint density at radius 3 is 2.33 bits per heavy atom. The number of ketones is 1. The van der Waals surface area contributed by atoms with Gasteiger partial charge in [-0.15, -0.1) is 0 Å². The average molecular weight is 209 g/mol. The molecule has 0 heterocycles. The van der Waals surface area contributed by atoms with Gasteiger partial charge in [0.25, 0.3) is 0 Å². The Morgan fingerprint density at radius 2 is 1.87 bits per heavy atom. The van der Waals surface area contributed by atoms with E-state index in [9.17, 15) is 4.79 Å². The van der Waals surface area contributed by atoms with E-state index >= 15 is 0 Å². The summed E-state index contributed by atoms with van der Waals surface area (Å²) in [5.41, 5.74) is 6.19. The first-order chi connectivity index (χ1) is 7.19. The van der Waals surface area contributed by atoms with Crippen LogP contribution >= 0.6 is 0 Å². The fourth-order valence-electron chi connectivity index (χ4n) is 3.72. The highest BCUT2D eigenvalue weighted by molar-refractivity contribution is 5.84. The summed E-state index contributed by atoms with van der Waals surface area (Å²) in [6, 6.07) is 0.178. The summed E-state index contributed by atoms with van der Waals surface area (Å²) < 4.78 is 0. The van der Waals surface area contributed by atoms with Gasteiger partial charge in [0.1, 0.15) is 5.78 Å². The van der Waals surface area contributed by atoms with E-state index in [4.69, 9.17) is 5.73 Å². The van der Waals surface area contributed by atoms with Crippen LogP contribution in [0.25, 0.3) is 0 Å². The molecule has 2 saturated carbocycles. The van der Waals surface area contributed by atoms with Crippen molar-refractivity contribution in [2.45, 2.75) is 52.0 Å². The zero-order valence-corrected chi connectivity index (χ0v) is 9.91. The predicted molar refractivity (Wildman–Crippen MR) is 61.4 cm³/mol. The maximum absolute atomic E-state index is 12.3. The number of carbonyl (C=O) groups is 1. The van der Waals surface area contributed by atoms with E-state index in [1.54, 1.807) is 0 Å². The molecule has 0 saturated heterocycles. The van der Waals surface area contributed by atoms with E-state index in [2.05, 4.69) is 13.8 Å². The smallest absolute Gasteiger partial charge is 0.140 e. The van der Waals surface area contributed by atoms with Gasteiger partial charge >= 0.3 is 0 Å². The second-order valence-corrected chi connectivity index (χ2v) is 5.35. The molecule has 0 amide bonds. The van der Waals surface area contributed by atoms with E-state index in [0.29, 0.717) is 17.6 Å². The molecule has 4 unspecified atom stereocenters. The quantitative estimate of drug-likeness (QED) is 0.772. The van der Waals surface area contributed by atoms with Crippen molar-refractivity contribution < 1.29 is 4.79 Å². The number of hydrogen-bond donors (Lipinski definition) is 1. The van der Waals surface area contributed by atoms with Crippen LogP contribution in [0.4, 0.5) is 0 Å². The molecule has 2 aliphatic carbocycles. The van der Waals surface area contributed by atoms with Gasteiger partial charge in [0.2, 0.25) is 0 Å². The van der Waals surface area contributed by atoms with Gasteiger partial charge in [-0.25, -0.2) is 0 Å². The van der Waals surface area contributed by atoms with E-state index in [1.165, 1.54) is 19.3 Å². The second kappa shape index (κ2) is 4.25. The average Bonchev–Trinajstić information content (AvgIpc) is 2.79. The van der Waals surface area contributed by atoms with Crippen molar-refractivity contribution in [2.24, 2.45) is 29.4 Å². The zero-order valence-electron chi connectivity index (χ0n) is 9.91. The lowest BCUT2D eigenvalue weighted by atomic mass is 9.77. The maximum Gasteiger partial charge on any atom is 0.140 e. The van der Waals surface area contributed by atoms with Gasteiger partial charge in [-0.05, 0) is 43.9 Å². The number of hydrogen-bond acceptors (Lipinski definition) is 2. The number of carbonyl (C=O) groups excluding carboxylic acids is 1. The standard InChI is InChI=1S/C13H23NO/c1-3-8(4-2)13(15)11-9-5-6-10(7-9)12(11)14/h8-12H,3-7,14H2,1-2H3. The lowest BCUT2D eigenvalue weighted by Crippen LogP contribution is -2.42. The van der Waals surface area contributed by atoms with Crippen LogP contribution in [0.2, 0.25) is 0 Å². The molecule has 0 aromatic heterocycles. The highest BCUT2D eigenvalue weighted by atomic mass is 16.1. The molecule has 2 nitrogen and oxygen atoms in total. The Balaban J connectivity index is 2.07. The third kappa shape index (κ3) is 1.73. The van der Waals surface area contributed by atoms with Crippen molar-refractivity contribution in [2.75, 3.05) is 0 Å². The van der Waals surface area contributed by atoms with Crippen molar-refractivity contribution >= 4 is 5.78 Å². The predicted octanol–water partition coefficient (Wildman–Crippen LogP) is 2.37. The number of rotatable bonds is 4. The van der Waals surface area contributed by atoms with Crippen molar-refractivity contribution in [1.82, 2.24) is 0 Å². The van der Waals surface area contributed by atoms with Crippen LogP contribution in [0.1, 0.15) is 46.0 Å². The summed E-state index contributed by atoms with van der Waals surface area (Å²) in [5.74, 6) is 2.21. The summed E-state index contributed by atoms with van der Waals surface area (Å²) in [5, 5.41) is 0. The molecule has 2 aliphatic rings. The lowest BCUT2D eigenvalue weighted by molar-refractivity contribution is -0.129. The molecule has 0 spiro atoms. The van der Waals surface area contributed by atoms with Crippen LogP contribution in [0.5, 0.6) is 0 Å². The van der Waals surface area contributed by atoms with Crippen LogP contribution < -0.4 is 5.73 Å². The van der Waals surface area contributed by atoms with Crippen LogP contribution in [0, 0.1) is 23.7 Å². The minimum atomic E-state index is 0.178. The van der Waals surface area contributed by atoms with E-state index in [1.807, 2.05) is 0 Å². The van der Waals surface area contributed by atoms with Gasteiger partial charge in [0, 0.05) is 17.9 Å². The Labute approximate surface area is 92.6 Å². The van der Waals surface area contributed by atoms with Crippen molar-refractivity contribution in [3.8, 4) is 0 Å². The molecular weight excluding hydrogens is 186 g/mol. The van der Waals surface area contributed by atoms with E-state index < -0.39 is 0 Å². The van der Waals surface area contributed by atoms with Crippen LogP contribution in [0.15, 0.2) is 0 Å². The zero-order chi connectivity index (χ0) is 11.0. The minimum absolute atomic E-state index is 0.178. The molecule has 15 heavy (non-hydrogen) atoms. The molecule has 2 rings (SSSR count). The first-order valence-electron chi connectivity index (χ1n) is 6.48. The SMILES string of the molecule is CCC(CC)C(=O)C1C2CCC(C2)C1N. The molecule has 2 bridgehead atoms. The molecule has 4 atom stereocenters. The van der Waals surface area contributed by atoms with Crippen molar-refractivity contribution in [3.05, 3.63) is 0 Å². The van der Waals surface area contributed by atoms with Crippen LogP contribution in [-0.2, 0) is 4.79 Å². The molecule has 2 fully saturated rings. The van der Waals surface area contributed by atoms with Crippen molar-refractivity contribution in [3.63, 3.8) is 0 Å². The van der Waals surface area contributed by atoms with Gasteiger partial charge in [0.05, 0.1) is 0 Å². The van der Waals surface area contributed by atoms with Gasteiger partial charge in [0.15, 0.2) is 0 Å². The number of Topliss-reactive ketones (excluding diaryl/α,β-unsaturated/α-hetero) is 1. The molecule has 0 radical (unpaired) electrons. The van der Waals surface area contributed by atoms with E-state index in [0.717, 1.165) is 12.8 Å². The Hall–Kier alpha value is -0.370. The summed E-state index contributed by atoms with van der Waals surface area (Å²) in [6.07, 6.45) is 5.69. The Kier molecular flexibility index (Phi) is 3.15. The Bertz CT molecular complexity index is 245. The van der Waals surface area contributed by atoms with Gasteiger partial charge < -0.3 is 5.73 Å². The summed E-state index contributed by atoms with van der Waals surface area (Å²) in [6.45, 7) is 4.23. The topological polar surface area (TPSA) is 43.1 Å². The summed E-state index contributed by atoms with van der Waals surface area (Å²) in [7, 11) is 0. The maximum atomic E-state index is 12.3. The summed E-state index contributed by atoms with van der Waals surface area (Å²) in [4.78, 5) is 12.3. The first-order valence-corrected chi connectivity index (χ1v) is 6.48. The highest BCUT2D eigenvalue weighted by Gasteiger charge is 2.49. The first kappa shape index (κ1) is 11.1. The molecular formula is C13H23NO. The van der Waals surface area contributed by atoms with Crippen LogP contribution in [-0.4, -0.2) is 11.8 Å². The molecule has 0 aromatic rings. The van der Waals surface area contributed by atoms with Crippen molar-refractivity contribution in [1.29, 1.82) is 0 Å². The third-order valence-corrected chi connectivity index (χ3v) is 4.70. The fraction of sp³-hybridized carbons (Fsp3) is 0.923. The monoisotopic (exact) mass is 209 g/mol. The molecule has 0 aliphatic heterocycles. The minimum Gasteiger partial charge on any atom is -0.327 e. The highest BCUT2D eigenvalue weighted by Crippen LogP contribution is 2.48. The lowest BCUT2D eigenvalue weighted by Gasteiger charge is -2.29. The third-order valence-electron chi connectivity index (χ3n) is 4.70. The van der Waals surface area contributed by atoms with Crippen LogP contribution in [0.3, 0.4) is 0 Å². The van der Waals surface area contributed by atoms with E-state index in [-0.39, 0.29) is 17.9 Å². The summed E-state index contributed by atoms with van der Waals surface area (Å²) >= 11 is 0. The normalized spacial score (nSPS) is 38.9. The largest absolute Gasteiger partial charge is 0.327 e. The van der Waals surface area contributed by atoms with Gasteiger partial charge in [-0.2, -0.15) is 0 Å². The Morgan fingerprint density at radius 1 is 1.27 bits per heavy atom.